The van der Waals surface area contributed by atoms with Crippen molar-refractivity contribution < 1.29 is 4.21 Å². The summed E-state index contributed by atoms with van der Waals surface area (Å²) in [5.41, 5.74) is 0. The highest BCUT2D eigenvalue weighted by Crippen LogP contribution is 2.15. The molecule has 0 radical (unpaired) electrons. The second-order valence-electron chi connectivity index (χ2n) is 2.05. The molecule has 0 spiro atoms. The van der Waals surface area contributed by atoms with E-state index in [1.807, 2.05) is 0 Å². The van der Waals surface area contributed by atoms with Crippen molar-refractivity contribution in [3.63, 3.8) is 0 Å². The lowest BCUT2D eigenvalue weighted by molar-refractivity contribution is 0.663. The fourth-order valence-corrected chi connectivity index (χ4v) is 3.27. The van der Waals surface area contributed by atoms with Crippen LogP contribution in [0.15, 0.2) is 0 Å². The Morgan fingerprint density at radius 3 is 2.75 bits per heavy atom. The Bertz CT molecular complexity index is 105. The van der Waals surface area contributed by atoms with Gasteiger partial charge in [-0.05, 0) is 12.8 Å². The molecule has 0 amide bonds. The van der Waals surface area contributed by atoms with E-state index in [1.165, 1.54) is 6.42 Å². The van der Waals surface area contributed by atoms with Crippen molar-refractivity contribution in [2.24, 2.45) is 0 Å². The molecule has 0 N–H and O–H groups in total. The topological polar surface area (TPSA) is 17.1 Å². The van der Waals surface area contributed by atoms with E-state index in [0.29, 0.717) is 4.83 Å². The first-order valence-corrected chi connectivity index (χ1v) is 5.18. The summed E-state index contributed by atoms with van der Waals surface area (Å²) in [5, 5.41) is 0. The molecule has 0 aromatic heterocycles. The summed E-state index contributed by atoms with van der Waals surface area (Å²) in [6, 6.07) is 0. The molecule has 48 valence electrons. The fraction of sp³-hybridized carbons (Fsp3) is 1.00. The van der Waals surface area contributed by atoms with E-state index in [4.69, 9.17) is 0 Å². The molecule has 0 bridgehead atoms. The number of hydrogen-bond donors (Lipinski definition) is 0. The van der Waals surface area contributed by atoms with Gasteiger partial charge in [0.1, 0.15) is 0 Å². The van der Waals surface area contributed by atoms with E-state index < -0.39 is 10.8 Å². The molecule has 1 saturated heterocycles. The average Bonchev–Trinajstić information content (AvgIpc) is 1.64. The molecule has 2 atom stereocenters. The quantitative estimate of drug-likeness (QED) is 0.535. The number of halogens is 1. The van der Waals surface area contributed by atoms with E-state index in [-0.39, 0.29) is 0 Å². The van der Waals surface area contributed by atoms with E-state index in [0.717, 1.165) is 17.9 Å². The van der Waals surface area contributed by atoms with Gasteiger partial charge in [0.15, 0.2) is 0 Å². The minimum absolute atomic E-state index is 0.517. The summed E-state index contributed by atoms with van der Waals surface area (Å²) in [5.74, 6) is 1.78. The summed E-state index contributed by atoms with van der Waals surface area (Å²) >= 11 is 3.44. The van der Waals surface area contributed by atoms with Crippen molar-refractivity contribution >= 4 is 26.7 Å². The summed E-state index contributed by atoms with van der Waals surface area (Å²) in [7, 11) is -0.517. The maximum atomic E-state index is 10.8. The molecule has 0 aromatic rings. The lowest BCUT2D eigenvalue weighted by Crippen LogP contribution is -2.19. The Hall–Kier alpha value is 0.630. The fourth-order valence-electron chi connectivity index (χ4n) is 0.834. The van der Waals surface area contributed by atoms with Crippen LogP contribution >= 0.6 is 15.9 Å². The summed E-state index contributed by atoms with van der Waals surface area (Å²) in [4.78, 5) is 0.525. The van der Waals surface area contributed by atoms with E-state index in [9.17, 15) is 4.21 Å². The molecule has 1 fully saturated rings. The second-order valence-corrected chi connectivity index (χ2v) is 4.97. The molecule has 2 unspecified atom stereocenters. The first-order valence-electron chi connectivity index (χ1n) is 2.78. The van der Waals surface area contributed by atoms with Gasteiger partial charge in [-0.1, -0.05) is 15.9 Å². The average molecular weight is 197 g/mol. The number of alkyl halides is 1. The Balaban J connectivity index is 2.34. The van der Waals surface area contributed by atoms with Crippen LogP contribution in [0.5, 0.6) is 0 Å². The van der Waals surface area contributed by atoms with Crippen LogP contribution in [0.3, 0.4) is 0 Å². The molecule has 1 rings (SSSR count). The van der Waals surface area contributed by atoms with Crippen molar-refractivity contribution in [3.05, 3.63) is 0 Å². The Kier molecular flexibility index (Phi) is 2.50. The zero-order chi connectivity index (χ0) is 5.98. The van der Waals surface area contributed by atoms with Crippen LogP contribution < -0.4 is 0 Å². The van der Waals surface area contributed by atoms with Crippen molar-refractivity contribution in [2.75, 3.05) is 11.5 Å². The third kappa shape index (κ3) is 1.86. The number of hydrogen-bond acceptors (Lipinski definition) is 1. The minimum Gasteiger partial charge on any atom is -0.260 e. The van der Waals surface area contributed by atoms with Gasteiger partial charge in [-0.3, -0.25) is 4.21 Å². The van der Waals surface area contributed by atoms with Crippen LogP contribution in [0.2, 0.25) is 0 Å². The predicted molar refractivity (Wildman–Crippen MR) is 39.8 cm³/mol. The molecular weight excluding hydrogens is 188 g/mol. The van der Waals surface area contributed by atoms with Gasteiger partial charge >= 0.3 is 0 Å². The molecule has 3 heteroatoms. The lowest BCUT2D eigenvalue weighted by atomic mass is 10.3. The van der Waals surface area contributed by atoms with Crippen LogP contribution in [-0.2, 0) is 10.8 Å². The van der Waals surface area contributed by atoms with E-state index in [1.54, 1.807) is 0 Å². The van der Waals surface area contributed by atoms with Gasteiger partial charge < -0.3 is 0 Å². The van der Waals surface area contributed by atoms with Crippen molar-refractivity contribution in [3.8, 4) is 0 Å². The zero-order valence-electron chi connectivity index (χ0n) is 4.60. The van der Waals surface area contributed by atoms with Gasteiger partial charge in [0, 0.05) is 27.1 Å². The largest absolute Gasteiger partial charge is 0.260 e. The molecule has 1 aliphatic rings. The normalized spacial score (nSPS) is 39.6. The first-order chi connectivity index (χ1) is 3.79. The molecular formula is C5H9BrOS. The van der Waals surface area contributed by atoms with Gasteiger partial charge in [0.2, 0.25) is 0 Å². The third-order valence-corrected chi connectivity index (χ3v) is 3.98. The standard InChI is InChI=1S/C5H9BrOS/c6-5-2-1-3-8(7)4-5/h5H,1-4H2. The van der Waals surface area contributed by atoms with Crippen LogP contribution in [0.25, 0.3) is 0 Å². The van der Waals surface area contributed by atoms with Gasteiger partial charge in [-0.15, -0.1) is 0 Å². The van der Waals surface area contributed by atoms with Gasteiger partial charge in [-0.25, -0.2) is 0 Å². The Morgan fingerprint density at radius 2 is 2.38 bits per heavy atom. The van der Waals surface area contributed by atoms with Crippen LogP contribution in [0.1, 0.15) is 12.8 Å². The molecule has 0 saturated carbocycles. The molecule has 8 heavy (non-hydrogen) atoms. The zero-order valence-corrected chi connectivity index (χ0v) is 7.00. The van der Waals surface area contributed by atoms with Crippen molar-refractivity contribution in [2.45, 2.75) is 17.7 Å². The molecule has 1 aliphatic heterocycles. The maximum Gasteiger partial charge on any atom is 0.0360 e. The third-order valence-electron chi connectivity index (χ3n) is 1.26. The Labute approximate surface area is 60.4 Å². The molecule has 1 nitrogen and oxygen atoms in total. The van der Waals surface area contributed by atoms with Crippen LogP contribution in [-0.4, -0.2) is 20.5 Å². The molecule has 0 aromatic carbocycles. The van der Waals surface area contributed by atoms with E-state index >= 15 is 0 Å². The summed E-state index contributed by atoms with van der Waals surface area (Å²) in [6.07, 6.45) is 2.33. The monoisotopic (exact) mass is 196 g/mol. The Morgan fingerprint density at radius 1 is 1.62 bits per heavy atom. The highest BCUT2D eigenvalue weighted by Gasteiger charge is 2.14. The lowest BCUT2D eigenvalue weighted by Gasteiger charge is -2.14. The first kappa shape index (κ1) is 6.75. The van der Waals surface area contributed by atoms with E-state index in [2.05, 4.69) is 15.9 Å². The summed E-state index contributed by atoms with van der Waals surface area (Å²) < 4.78 is 10.8. The maximum absolute atomic E-state index is 10.8. The SMILES string of the molecule is O=S1CCCC(Br)C1. The highest BCUT2D eigenvalue weighted by molar-refractivity contribution is 9.09. The van der Waals surface area contributed by atoms with Crippen LogP contribution in [0, 0.1) is 0 Å². The minimum atomic E-state index is -0.517. The van der Waals surface area contributed by atoms with Gasteiger partial charge in [0.25, 0.3) is 0 Å². The van der Waals surface area contributed by atoms with Crippen molar-refractivity contribution in [1.82, 2.24) is 0 Å². The summed E-state index contributed by atoms with van der Waals surface area (Å²) in [6.45, 7) is 0. The van der Waals surface area contributed by atoms with Gasteiger partial charge in [-0.2, -0.15) is 0 Å². The second kappa shape index (κ2) is 2.97. The van der Waals surface area contributed by atoms with Crippen molar-refractivity contribution in [1.29, 1.82) is 0 Å². The highest BCUT2D eigenvalue weighted by atomic mass is 79.9. The predicted octanol–water partition coefficient (Wildman–Crippen LogP) is 1.29. The number of rotatable bonds is 0. The van der Waals surface area contributed by atoms with Gasteiger partial charge in [0.05, 0.1) is 0 Å². The molecule has 0 aliphatic carbocycles. The molecule has 1 heterocycles. The van der Waals surface area contributed by atoms with Crippen LogP contribution in [0.4, 0.5) is 0 Å². The smallest absolute Gasteiger partial charge is 0.0360 e.